The molecule has 1 heterocycles. The average Bonchev–Trinajstić information content (AvgIpc) is 3.06. The fourth-order valence-corrected chi connectivity index (χ4v) is 5.32. The maximum atomic E-state index is 13.4. The first-order chi connectivity index (χ1) is 16.4. The Balaban J connectivity index is 1.53. The van der Waals surface area contributed by atoms with Crippen molar-refractivity contribution in [3.8, 4) is 5.75 Å². The van der Waals surface area contributed by atoms with Crippen molar-refractivity contribution in [2.45, 2.75) is 24.7 Å². The lowest BCUT2D eigenvalue weighted by Gasteiger charge is -2.21. The van der Waals surface area contributed by atoms with Gasteiger partial charge in [-0.05, 0) is 47.5 Å². The number of sulfonamides is 1. The third kappa shape index (κ3) is 5.27. The number of hydrogen-bond donors (Lipinski definition) is 0. The Bertz CT molecular complexity index is 1290. The molecule has 3 aromatic rings. The van der Waals surface area contributed by atoms with Crippen molar-refractivity contribution in [2.24, 2.45) is 0 Å². The molecule has 3 aromatic carbocycles. The van der Waals surface area contributed by atoms with Crippen LogP contribution in [0.25, 0.3) is 0 Å². The smallest absolute Gasteiger partial charge is 0.339 e. The zero-order valence-electron chi connectivity index (χ0n) is 18.6. The molecule has 1 aliphatic rings. The van der Waals surface area contributed by atoms with Gasteiger partial charge >= 0.3 is 5.97 Å². The van der Waals surface area contributed by atoms with E-state index in [1.54, 1.807) is 30.3 Å². The molecule has 0 N–H and O–H groups in total. The van der Waals surface area contributed by atoms with Gasteiger partial charge in [0, 0.05) is 18.7 Å². The number of nitrogens with zero attached hydrogens (tertiary/aromatic N) is 1. The summed E-state index contributed by atoms with van der Waals surface area (Å²) in [5.41, 5.74) is 2.21. The molecule has 0 aromatic heterocycles. The van der Waals surface area contributed by atoms with E-state index < -0.39 is 16.0 Å². The van der Waals surface area contributed by atoms with E-state index in [9.17, 15) is 17.6 Å². The topological polar surface area (TPSA) is 82.1 Å². The summed E-state index contributed by atoms with van der Waals surface area (Å²) < 4.78 is 57.7. The minimum Gasteiger partial charge on any atom is -0.492 e. The summed E-state index contributed by atoms with van der Waals surface area (Å²) in [5, 5.41) is 0. The largest absolute Gasteiger partial charge is 0.492 e. The van der Waals surface area contributed by atoms with Crippen LogP contribution in [0.1, 0.15) is 27.0 Å². The van der Waals surface area contributed by atoms with Gasteiger partial charge in [0.2, 0.25) is 10.0 Å². The highest BCUT2D eigenvalue weighted by atomic mass is 32.2. The molecule has 9 heteroatoms. The number of carbonyl (C=O) groups excluding carboxylic acids is 1. The SMILES string of the molecule is COC(=O)c1ccccc1S(=O)(=O)N1CCOc2ccc(COCc3cccc(F)c3)cc2C1. The van der Waals surface area contributed by atoms with Crippen molar-refractivity contribution < 1.29 is 31.8 Å². The second kappa shape index (κ2) is 10.3. The van der Waals surface area contributed by atoms with E-state index in [0.717, 1.165) is 11.1 Å². The van der Waals surface area contributed by atoms with Gasteiger partial charge < -0.3 is 14.2 Å². The summed E-state index contributed by atoms with van der Waals surface area (Å²) in [6.45, 7) is 0.878. The lowest BCUT2D eigenvalue weighted by molar-refractivity contribution is 0.0596. The molecule has 34 heavy (non-hydrogen) atoms. The molecule has 0 fully saturated rings. The van der Waals surface area contributed by atoms with Gasteiger partial charge in [0.05, 0.1) is 30.8 Å². The maximum absolute atomic E-state index is 13.4. The monoisotopic (exact) mass is 485 g/mol. The predicted molar refractivity (Wildman–Crippen MR) is 122 cm³/mol. The number of fused-ring (bicyclic) bond motifs is 1. The summed E-state index contributed by atoms with van der Waals surface area (Å²) in [6.07, 6.45) is 0. The van der Waals surface area contributed by atoms with Crippen LogP contribution in [-0.4, -0.2) is 39.0 Å². The molecule has 7 nitrogen and oxygen atoms in total. The molecule has 0 bridgehead atoms. The van der Waals surface area contributed by atoms with Crippen LogP contribution in [0.3, 0.4) is 0 Å². The number of hydrogen-bond acceptors (Lipinski definition) is 6. The number of carbonyl (C=O) groups is 1. The second-order valence-corrected chi connectivity index (χ2v) is 9.65. The highest BCUT2D eigenvalue weighted by Crippen LogP contribution is 2.29. The summed E-state index contributed by atoms with van der Waals surface area (Å²) in [4.78, 5) is 12.0. The minimum absolute atomic E-state index is 0.0186. The van der Waals surface area contributed by atoms with Gasteiger partial charge in [0.25, 0.3) is 0 Å². The van der Waals surface area contributed by atoms with Crippen molar-refractivity contribution in [2.75, 3.05) is 20.3 Å². The Morgan fingerprint density at radius 1 is 1.03 bits per heavy atom. The molecule has 4 rings (SSSR count). The Morgan fingerprint density at radius 3 is 2.56 bits per heavy atom. The molecule has 1 aliphatic heterocycles. The third-order valence-corrected chi connectivity index (χ3v) is 7.31. The standard InChI is InChI=1S/C25H24FNO6S/c1-31-25(28)22-7-2-3-8-24(22)34(29,30)27-11-12-33-23-10-9-19(13-20(23)15-27)17-32-16-18-5-4-6-21(26)14-18/h2-10,13-14H,11-12,15-17H2,1H3. The molecule has 0 spiro atoms. The maximum Gasteiger partial charge on any atom is 0.339 e. The first-order valence-electron chi connectivity index (χ1n) is 10.6. The molecule has 0 unspecified atom stereocenters. The van der Waals surface area contributed by atoms with Gasteiger partial charge in [0.1, 0.15) is 18.2 Å². The van der Waals surface area contributed by atoms with E-state index >= 15 is 0 Å². The number of ether oxygens (including phenoxy) is 3. The highest BCUT2D eigenvalue weighted by molar-refractivity contribution is 7.89. The van der Waals surface area contributed by atoms with Crippen LogP contribution >= 0.6 is 0 Å². The van der Waals surface area contributed by atoms with E-state index in [0.29, 0.717) is 11.3 Å². The van der Waals surface area contributed by atoms with E-state index in [1.807, 2.05) is 12.1 Å². The molecule has 0 saturated carbocycles. The van der Waals surface area contributed by atoms with Crippen molar-refractivity contribution >= 4 is 16.0 Å². The molecular formula is C25H24FNO6S. The summed E-state index contributed by atoms with van der Waals surface area (Å²) in [5.74, 6) is -0.449. The van der Waals surface area contributed by atoms with Gasteiger partial charge in [0.15, 0.2) is 0 Å². The van der Waals surface area contributed by atoms with Crippen LogP contribution in [0, 0.1) is 5.82 Å². The Labute approximate surface area is 197 Å². The summed E-state index contributed by atoms with van der Waals surface area (Å²) in [6, 6.07) is 17.6. The lowest BCUT2D eigenvalue weighted by atomic mass is 10.1. The van der Waals surface area contributed by atoms with Crippen LogP contribution < -0.4 is 4.74 Å². The molecule has 0 atom stereocenters. The zero-order chi connectivity index (χ0) is 24.1. The normalized spacial score (nSPS) is 14.1. The Hall–Kier alpha value is -3.27. The molecular weight excluding hydrogens is 461 g/mol. The lowest BCUT2D eigenvalue weighted by Crippen LogP contribution is -2.33. The summed E-state index contributed by atoms with van der Waals surface area (Å²) >= 11 is 0. The predicted octanol–water partition coefficient (Wildman–Crippen LogP) is 3.91. The van der Waals surface area contributed by atoms with Crippen molar-refractivity contribution in [1.82, 2.24) is 4.31 Å². The highest BCUT2D eigenvalue weighted by Gasteiger charge is 2.31. The van der Waals surface area contributed by atoms with E-state index in [2.05, 4.69) is 0 Å². The quantitative estimate of drug-likeness (QED) is 0.472. The van der Waals surface area contributed by atoms with Crippen molar-refractivity contribution in [1.29, 1.82) is 0 Å². The minimum atomic E-state index is -4.00. The molecule has 0 amide bonds. The number of methoxy groups -OCH3 is 1. The van der Waals surface area contributed by atoms with Crippen LogP contribution in [0.4, 0.5) is 4.39 Å². The number of halogens is 1. The van der Waals surface area contributed by atoms with E-state index in [4.69, 9.17) is 14.2 Å². The van der Waals surface area contributed by atoms with Gasteiger partial charge in [-0.3, -0.25) is 0 Å². The van der Waals surface area contributed by atoms with Crippen LogP contribution in [0.2, 0.25) is 0 Å². The van der Waals surface area contributed by atoms with Crippen LogP contribution in [-0.2, 0) is 39.3 Å². The van der Waals surface area contributed by atoms with E-state index in [1.165, 1.54) is 35.7 Å². The van der Waals surface area contributed by atoms with Crippen molar-refractivity contribution in [3.05, 3.63) is 94.8 Å². The Kier molecular flexibility index (Phi) is 7.26. The number of esters is 1. The van der Waals surface area contributed by atoms with Crippen molar-refractivity contribution in [3.63, 3.8) is 0 Å². The van der Waals surface area contributed by atoms with Crippen LogP contribution in [0.5, 0.6) is 5.75 Å². The second-order valence-electron chi connectivity index (χ2n) is 7.74. The zero-order valence-corrected chi connectivity index (χ0v) is 19.4. The summed E-state index contributed by atoms with van der Waals surface area (Å²) in [7, 11) is -2.79. The number of benzene rings is 3. The van der Waals surface area contributed by atoms with Gasteiger partial charge in [-0.2, -0.15) is 4.31 Å². The molecule has 0 aliphatic carbocycles. The average molecular weight is 486 g/mol. The third-order valence-electron chi connectivity index (χ3n) is 5.41. The van der Waals surface area contributed by atoms with Crippen LogP contribution in [0.15, 0.2) is 71.6 Å². The fraction of sp³-hybridized carbons (Fsp3) is 0.240. The van der Waals surface area contributed by atoms with Gasteiger partial charge in [-0.25, -0.2) is 17.6 Å². The molecule has 0 saturated heterocycles. The Morgan fingerprint density at radius 2 is 1.79 bits per heavy atom. The molecule has 0 radical (unpaired) electrons. The first-order valence-corrected chi connectivity index (χ1v) is 12.1. The van der Waals surface area contributed by atoms with E-state index in [-0.39, 0.29) is 49.2 Å². The fourth-order valence-electron chi connectivity index (χ4n) is 3.74. The van der Waals surface area contributed by atoms with Gasteiger partial charge in [-0.15, -0.1) is 0 Å². The first kappa shape index (κ1) is 23.9. The van der Waals surface area contributed by atoms with Gasteiger partial charge in [-0.1, -0.05) is 30.3 Å². The number of rotatable bonds is 7. The molecule has 178 valence electrons.